The van der Waals surface area contributed by atoms with Gasteiger partial charge in [-0.25, -0.2) is 0 Å². The molecule has 20 heavy (non-hydrogen) atoms. The summed E-state index contributed by atoms with van der Waals surface area (Å²) in [5.41, 5.74) is 1.32. The predicted molar refractivity (Wildman–Crippen MR) is 78.5 cm³/mol. The van der Waals surface area contributed by atoms with Crippen LogP contribution in [0.15, 0.2) is 17.3 Å². The van der Waals surface area contributed by atoms with E-state index >= 15 is 0 Å². The SMILES string of the molecule is C=C1CC(CCC(=O)CSc2nnc(COC)n2C)C1. The molecular weight excluding hydrogens is 274 g/mol. The molecule has 0 N–H and O–H groups in total. The minimum Gasteiger partial charge on any atom is -0.377 e. The zero-order valence-corrected chi connectivity index (χ0v) is 12.9. The summed E-state index contributed by atoms with van der Waals surface area (Å²) < 4.78 is 6.91. The first-order valence-electron chi connectivity index (χ1n) is 6.78. The molecule has 0 atom stereocenters. The normalized spacial score (nSPS) is 15.4. The first-order valence-corrected chi connectivity index (χ1v) is 7.77. The quantitative estimate of drug-likeness (QED) is 0.544. The van der Waals surface area contributed by atoms with Crippen molar-refractivity contribution in [3.05, 3.63) is 18.0 Å². The van der Waals surface area contributed by atoms with Crippen molar-refractivity contribution in [2.24, 2.45) is 13.0 Å². The van der Waals surface area contributed by atoms with Gasteiger partial charge in [0, 0.05) is 20.6 Å². The number of ketones is 1. The van der Waals surface area contributed by atoms with E-state index in [0.717, 1.165) is 30.2 Å². The highest BCUT2D eigenvalue weighted by molar-refractivity contribution is 7.99. The Kier molecular flexibility index (Phi) is 5.37. The Balaban J connectivity index is 1.71. The van der Waals surface area contributed by atoms with Gasteiger partial charge in [-0.2, -0.15) is 0 Å². The molecule has 2 rings (SSSR count). The molecule has 0 bridgehead atoms. The number of hydrogen-bond donors (Lipinski definition) is 0. The van der Waals surface area contributed by atoms with Crippen LogP contribution in [-0.2, 0) is 23.2 Å². The Bertz CT molecular complexity index is 491. The highest BCUT2D eigenvalue weighted by Crippen LogP contribution is 2.34. The number of allylic oxidation sites excluding steroid dienone is 1. The van der Waals surface area contributed by atoms with Crippen molar-refractivity contribution in [2.45, 2.75) is 37.4 Å². The van der Waals surface area contributed by atoms with Crippen LogP contribution in [0, 0.1) is 5.92 Å². The van der Waals surface area contributed by atoms with Crippen LogP contribution in [-0.4, -0.2) is 33.4 Å². The highest BCUT2D eigenvalue weighted by Gasteiger charge is 2.22. The van der Waals surface area contributed by atoms with Crippen molar-refractivity contribution >= 4 is 17.5 Å². The predicted octanol–water partition coefficient (Wildman–Crippen LogP) is 2.37. The molecule has 0 spiro atoms. The molecule has 1 aromatic heterocycles. The van der Waals surface area contributed by atoms with Gasteiger partial charge in [-0.05, 0) is 25.2 Å². The van der Waals surface area contributed by atoms with Crippen LogP contribution in [0.2, 0.25) is 0 Å². The maximum Gasteiger partial charge on any atom is 0.191 e. The van der Waals surface area contributed by atoms with E-state index in [9.17, 15) is 4.79 Å². The van der Waals surface area contributed by atoms with Crippen molar-refractivity contribution in [2.75, 3.05) is 12.9 Å². The van der Waals surface area contributed by atoms with Crippen LogP contribution in [0.5, 0.6) is 0 Å². The number of carbonyl (C=O) groups excluding carboxylic acids is 1. The van der Waals surface area contributed by atoms with Crippen LogP contribution >= 0.6 is 11.8 Å². The van der Waals surface area contributed by atoms with Crippen molar-refractivity contribution in [1.29, 1.82) is 0 Å². The molecule has 110 valence electrons. The number of ether oxygens (including phenoxy) is 1. The van der Waals surface area contributed by atoms with E-state index in [2.05, 4.69) is 16.8 Å². The lowest BCUT2D eigenvalue weighted by molar-refractivity contribution is -0.116. The molecule has 1 aliphatic rings. The molecule has 0 radical (unpaired) electrons. The lowest BCUT2D eigenvalue weighted by atomic mass is 9.78. The molecule has 1 fully saturated rings. The van der Waals surface area contributed by atoms with E-state index in [1.807, 2.05) is 11.6 Å². The summed E-state index contributed by atoms with van der Waals surface area (Å²) in [7, 11) is 3.52. The van der Waals surface area contributed by atoms with Gasteiger partial charge in [0.25, 0.3) is 0 Å². The van der Waals surface area contributed by atoms with Crippen LogP contribution in [0.3, 0.4) is 0 Å². The number of methoxy groups -OCH3 is 1. The van der Waals surface area contributed by atoms with Gasteiger partial charge in [0.05, 0.1) is 5.75 Å². The van der Waals surface area contributed by atoms with Crippen LogP contribution in [0.1, 0.15) is 31.5 Å². The number of Topliss-reactive ketones (excluding diaryl/α,β-unsaturated/α-hetero) is 1. The van der Waals surface area contributed by atoms with Gasteiger partial charge in [-0.3, -0.25) is 4.79 Å². The second kappa shape index (κ2) is 7.04. The molecule has 0 aromatic carbocycles. The van der Waals surface area contributed by atoms with Gasteiger partial charge in [0.1, 0.15) is 12.4 Å². The fraction of sp³-hybridized carbons (Fsp3) is 0.643. The molecule has 1 saturated carbocycles. The third-order valence-electron chi connectivity index (χ3n) is 3.55. The van der Waals surface area contributed by atoms with Crippen molar-refractivity contribution < 1.29 is 9.53 Å². The molecule has 0 unspecified atom stereocenters. The molecule has 0 aliphatic heterocycles. The molecule has 1 heterocycles. The first kappa shape index (κ1) is 15.3. The van der Waals surface area contributed by atoms with Gasteiger partial charge >= 0.3 is 0 Å². The summed E-state index contributed by atoms with van der Waals surface area (Å²) in [5.74, 6) is 2.20. The largest absolute Gasteiger partial charge is 0.377 e. The maximum atomic E-state index is 11.9. The molecule has 1 aromatic rings. The van der Waals surface area contributed by atoms with E-state index in [1.165, 1.54) is 17.3 Å². The number of nitrogens with zero attached hydrogens (tertiary/aromatic N) is 3. The summed E-state index contributed by atoms with van der Waals surface area (Å²) in [6.07, 6.45) is 3.86. The average Bonchev–Trinajstić information content (AvgIpc) is 2.73. The summed E-state index contributed by atoms with van der Waals surface area (Å²) in [4.78, 5) is 11.9. The van der Waals surface area contributed by atoms with Gasteiger partial charge in [-0.1, -0.05) is 23.9 Å². The lowest BCUT2D eigenvalue weighted by Gasteiger charge is -2.27. The van der Waals surface area contributed by atoms with E-state index in [0.29, 0.717) is 24.7 Å². The number of hydrogen-bond acceptors (Lipinski definition) is 5. The summed E-state index contributed by atoms with van der Waals surface area (Å²) in [5, 5.41) is 8.87. The Hall–Kier alpha value is -1.14. The minimum atomic E-state index is 0.281. The molecule has 5 nitrogen and oxygen atoms in total. The zero-order valence-electron chi connectivity index (χ0n) is 12.1. The van der Waals surface area contributed by atoms with Gasteiger partial charge in [-0.15, -0.1) is 10.2 Å². The number of carbonyl (C=O) groups is 1. The first-order chi connectivity index (χ1) is 9.60. The zero-order chi connectivity index (χ0) is 14.5. The Labute approximate surface area is 123 Å². The standard InChI is InChI=1S/C14H21N3O2S/c1-10-6-11(7-10)4-5-12(18)9-20-14-16-15-13(8-19-3)17(14)2/h11H,1,4-9H2,2-3H3. The van der Waals surface area contributed by atoms with Crippen LogP contribution < -0.4 is 0 Å². The minimum absolute atomic E-state index is 0.281. The van der Waals surface area contributed by atoms with Crippen molar-refractivity contribution in [3.63, 3.8) is 0 Å². The number of thioether (sulfide) groups is 1. The average molecular weight is 295 g/mol. The fourth-order valence-electron chi connectivity index (χ4n) is 2.27. The second-order valence-corrected chi connectivity index (χ2v) is 6.22. The lowest BCUT2D eigenvalue weighted by Crippen LogP contribution is -2.15. The molecule has 6 heteroatoms. The maximum absolute atomic E-state index is 11.9. The number of aromatic nitrogens is 3. The van der Waals surface area contributed by atoms with Crippen LogP contribution in [0.4, 0.5) is 0 Å². The fourth-order valence-corrected chi connectivity index (χ4v) is 3.10. The third-order valence-corrected chi connectivity index (χ3v) is 4.63. The van der Waals surface area contributed by atoms with Gasteiger partial charge < -0.3 is 9.30 Å². The molecule has 0 saturated heterocycles. The topological polar surface area (TPSA) is 57.0 Å². The van der Waals surface area contributed by atoms with Crippen molar-refractivity contribution in [3.8, 4) is 0 Å². The van der Waals surface area contributed by atoms with E-state index in [-0.39, 0.29) is 5.78 Å². The number of rotatable bonds is 8. The van der Waals surface area contributed by atoms with E-state index in [1.54, 1.807) is 7.11 Å². The molecule has 1 aliphatic carbocycles. The molecular formula is C14H21N3O2S. The van der Waals surface area contributed by atoms with E-state index < -0.39 is 0 Å². The summed E-state index contributed by atoms with van der Waals surface area (Å²) in [6, 6.07) is 0. The third kappa shape index (κ3) is 3.93. The van der Waals surface area contributed by atoms with Crippen LogP contribution in [0.25, 0.3) is 0 Å². The summed E-state index contributed by atoms with van der Waals surface area (Å²) in [6.45, 7) is 4.36. The monoisotopic (exact) mass is 295 g/mol. The van der Waals surface area contributed by atoms with E-state index in [4.69, 9.17) is 4.74 Å². The summed E-state index contributed by atoms with van der Waals surface area (Å²) >= 11 is 1.45. The Morgan fingerprint density at radius 2 is 2.25 bits per heavy atom. The smallest absolute Gasteiger partial charge is 0.191 e. The second-order valence-electron chi connectivity index (χ2n) is 5.28. The highest BCUT2D eigenvalue weighted by atomic mass is 32.2. The van der Waals surface area contributed by atoms with Gasteiger partial charge in [0.15, 0.2) is 11.0 Å². The Morgan fingerprint density at radius 3 is 2.90 bits per heavy atom. The Morgan fingerprint density at radius 1 is 1.50 bits per heavy atom. The van der Waals surface area contributed by atoms with Crippen molar-refractivity contribution in [1.82, 2.24) is 14.8 Å². The van der Waals surface area contributed by atoms with Gasteiger partial charge in [0.2, 0.25) is 0 Å². The molecule has 0 amide bonds.